The zero-order valence-corrected chi connectivity index (χ0v) is 13.3. The molecule has 1 unspecified atom stereocenters. The summed E-state index contributed by atoms with van der Waals surface area (Å²) in [4.78, 5) is 12.0. The van der Waals surface area contributed by atoms with E-state index in [4.69, 9.17) is 0 Å². The maximum absolute atomic E-state index is 13.7. The van der Waals surface area contributed by atoms with E-state index in [0.29, 0.717) is 4.47 Å². The Balaban J connectivity index is 2.85. The Morgan fingerprint density at radius 3 is 2.16 bits per heavy atom. The van der Waals surface area contributed by atoms with Crippen LogP contribution >= 0.6 is 15.9 Å². The first-order valence-electron chi connectivity index (χ1n) is 6.28. The van der Waals surface area contributed by atoms with Crippen LogP contribution in [0.3, 0.4) is 0 Å². The van der Waals surface area contributed by atoms with E-state index in [9.17, 15) is 13.6 Å². The Hall–Kier alpha value is -0.770. The molecule has 0 aromatic heterocycles. The highest BCUT2D eigenvalue weighted by Crippen LogP contribution is 2.28. The normalized spacial score (nSPS) is 13.4. The molecule has 4 heteroatoms. The number of ketones is 1. The van der Waals surface area contributed by atoms with Crippen LogP contribution in [0.25, 0.3) is 0 Å². The average Bonchev–Trinajstić information content (AvgIpc) is 2.10. The fraction of sp³-hybridized carbons (Fsp3) is 0.533. The van der Waals surface area contributed by atoms with Crippen LogP contribution in [0.4, 0.5) is 8.78 Å². The number of benzene rings is 1. The molecule has 1 nitrogen and oxygen atoms in total. The standard InChI is InChI=1S/C15H19BrF2O/c1-9(8-15(2,3)4)5-13(19)14-11(17)6-10(16)7-12(14)18/h6-7,9H,5,8H2,1-4H3. The highest BCUT2D eigenvalue weighted by Gasteiger charge is 2.22. The number of halogens is 3. The highest BCUT2D eigenvalue weighted by atomic mass is 79.9. The van der Waals surface area contributed by atoms with Crippen molar-refractivity contribution in [2.24, 2.45) is 11.3 Å². The van der Waals surface area contributed by atoms with Gasteiger partial charge in [0.25, 0.3) is 0 Å². The molecule has 1 rings (SSSR count). The fourth-order valence-corrected chi connectivity index (χ4v) is 2.75. The number of hydrogen-bond donors (Lipinski definition) is 0. The van der Waals surface area contributed by atoms with Gasteiger partial charge in [0.2, 0.25) is 0 Å². The second-order valence-corrected chi connectivity index (χ2v) is 7.16. The SMILES string of the molecule is CC(CC(=O)c1c(F)cc(Br)cc1F)CC(C)(C)C. The van der Waals surface area contributed by atoms with E-state index in [2.05, 4.69) is 36.7 Å². The molecule has 0 aliphatic heterocycles. The molecule has 0 aliphatic rings. The summed E-state index contributed by atoms with van der Waals surface area (Å²) >= 11 is 3.00. The quantitative estimate of drug-likeness (QED) is 0.677. The molecule has 0 amide bonds. The predicted molar refractivity (Wildman–Crippen MR) is 76.2 cm³/mol. The summed E-state index contributed by atoms with van der Waals surface area (Å²) < 4.78 is 27.6. The minimum Gasteiger partial charge on any atom is -0.294 e. The van der Waals surface area contributed by atoms with Gasteiger partial charge in [-0.05, 0) is 29.9 Å². The first kappa shape index (κ1) is 16.3. The van der Waals surface area contributed by atoms with E-state index in [-0.39, 0.29) is 17.8 Å². The van der Waals surface area contributed by atoms with Crippen molar-refractivity contribution in [1.82, 2.24) is 0 Å². The largest absolute Gasteiger partial charge is 0.294 e. The van der Waals surface area contributed by atoms with Gasteiger partial charge in [-0.2, -0.15) is 0 Å². The molecule has 0 fully saturated rings. The van der Waals surface area contributed by atoms with Crippen molar-refractivity contribution < 1.29 is 13.6 Å². The molecule has 0 radical (unpaired) electrons. The maximum Gasteiger partial charge on any atom is 0.169 e. The van der Waals surface area contributed by atoms with Crippen LogP contribution in [-0.4, -0.2) is 5.78 Å². The van der Waals surface area contributed by atoms with E-state index < -0.39 is 23.0 Å². The Labute approximate surface area is 121 Å². The molecule has 19 heavy (non-hydrogen) atoms. The molecular weight excluding hydrogens is 314 g/mol. The van der Waals surface area contributed by atoms with E-state index in [1.165, 1.54) is 0 Å². The van der Waals surface area contributed by atoms with Crippen molar-refractivity contribution in [3.63, 3.8) is 0 Å². The summed E-state index contributed by atoms with van der Waals surface area (Å²) in [5, 5.41) is 0. The summed E-state index contributed by atoms with van der Waals surface area (Å²) in [6.45, 7) is 8.16. The van der Waals surface area contributed by atoms with Crippen molar-refractivity contribution in [2.45, 2.75) is 40.5 Å². The van der Waals surface area contributed by atoms with Gasteiger partial charge in [0.15, 0.2) is 5.78 Å². The van der Waals surface area contributed by atoms with Crippen molar-refractivity contribution in [3.8, 4) is 0 Å². The number of carbonyl (C=O) groups is 1. The topological polar surface area (TPSA) is 17.1 Å². The highest BCUT2D eigenvalue weighted by molar-refractivity contribution is 9.10. The molecule has 1 atom stereocenters. The van der Waals surface area contributed by atoms with Gasteiger partial charge in [0.05, 0.1) is 5.56 Å². The fourth-order valence-electron chi connectivity index (χ4n) is 2.34. The maximum atomic E-state index is 13.7. The van der Waals surface area contributed by atoms with Gasteiger partial charge in [0, 0.05) is 10.9 Å². The monoisotopic (exact) mass is 332 g/mol. The lowest BCUT2D eigenvalue weighted by molar-refractivity contribution is 0.0946. The Bertz CT molecular complexity index is 455. The molecule has 0 heterocycles. The van der Waals surface area contributed by atoms with Crippen LogP contribution in [0.1, 0.15) is 50.9 Å². The van der Waals surface area contributed by atoms with Crippen molar-refractivity contribution in [1.29, 1.82) is 0 Å². The van der Waals surface area contributed by atoms with Gasteiger partial charge in [0.1, 0.15) is 11.6 Å². The smallest absolute Gasteiger partial charge is 0.169 e. The van der Waals surface area contributed by atoms with Crippen LogP contribution in [-0.2, 0) is 0 Å². The minimum absolute atomic E-state index is 0.0925. The predicted octanol–water partition coefficient (Wildman–Crippen LogP) is 5.37. The zero-order chi connectivity index (χ0) is 14.8. The van der Waals surface area contributed by atoms with E-state index >= 15 is 0 Å². The number of Topliss-reactive ketones (excluding diaryl/α,β-unsaturated/α-hetero) is 1. The summed E-state index contributed by atoms with van der Waals surface area (Å²) in [5.74, 6) is -1.99. The Morgan fingerprint density at radius 2 is 1.74 bits per heavy atom. The first-order valence-corrected chi connectivity index (χ1v) is 7.07. The lowest BCUT2D eigenvalue weighted by Crippen LogP contribution is -2.16. The van der Waals surface area contributed by atoms with Crippen LogP contribution < -0.4 is 0 Å². The number of carbonyl (C=O) groups excluding carboxylic acids is 1. The zero-order valence-electron chi connectivity index (χ0n) is 11.7. The lowest BCUT2D eigenvalue weighted by atomic mass is 9.83. The van der Waals surface area contributed by atoms with Crippen LogP contribution in [0.2, 0.25) is 0 Å². The molecule has 106 valence electrons. The minimum atomic E-state index is -0.806. The van der Waals surface area contributed by atoms with Gasteiger partial charge < -0.3 is 0 Å². The van der Waals surface area contributed by atoms with Crippen LogP contribution in [0.15, 0.2) is 16.6 Å². The van der Waals surface area contributed by atoms with Gasteiger partial charge in [-0.3, -0.25) is 4.79 Å². The molecule has 0 spiro atoms. The van der Waals surface area contributed by atoms with E-state index in [0.717, 1.165) is 18.6 Å². The van der Waals surface area contributed by atoms with Gasteiger partial charge in [-0.1, -0.05) is 43.6 Å². The molecule has 1 aromatic carbocycles. The third-order valence-corrected chi connectivity index (χ3v) is 3.24. The molecule has 1 aromatic rings. The van der Waals surface area contributed by atoms with E-state index in [1.807, 2.05) is 6.92 Å². The van der Waals surface area contributed by atoms with Gasteiger partial charge in [-0.15, -0.1) is 0 Å². The van der Waals surface area contributed by atoms with Crippen molar-refractivity contribution >= 4 is 21.7 Å². The number of hydrogen-bond acceptors (Lipinski definition) is 1. The Kier molecular flexibility index (Phi) is 5.25. The third kappa shape index (κ3) is 5.01. The molecule has 0 saturated heterocycles. The number of rotatable bonds is 4. The van der Waals surface area contributed by atoms with Gasteiger partial charge >= 0.3 is 0 Å². The third-order valence-electron chi connectivity index (χ3n) is 2.78. The van der Waals surface area contributed by atoms with E-state index in [1.54, 1.807) is 0 Å². The average molecular weight is 333 g/mol. The molecule has 0 saturated carbocycles. The molecule has 0 bridgehead atoms. The summed E-state index contributed by atoms with van der Waals surface area (Å²) in [6, 6.07) is 2.23. The summed E-state index contributed by atoms with van der Waals surface area (Å²) in [5.41, 5.74) is -0.333. The van der Waals surface area contributed by atoms with Crippen molar-refractivity contribution in [3.05, 3.63) is 33.8 Å². The summed E-state index contributed by atoms with van der Waals surface area (Å²) in [7, 11) is 0. The first-order chi connectivity index (χ1) is 8.60. The molecule has 0 aliphatic carbocycles. The second kappa shape index (κ2) is 6.12. The van der Waals surface area contributed by atoms with Gasteiger partial charge in [-0.25, -0.2) is 8.78 Å². The van der Waals surface area contributed by atoms with Crippen LogP contribution in [0.5, 0.6) is 0 Å². The molecular formula is C15H19BrF2O. The molecule has 0 N–H and O–H groups in total. The summed E-state index contributed by atoms with van der Waals surface area (Å²) in [6.07, 6.45) is 0.991. The van der Waals surface area contributed by atoms with Crippen LogP contribution in [0, 0.1) is 23.0 Å². The Morgan fingerprint density at radius 1 is 1.26 bits per heavy atom. The second-order valence-electron chi connectivity index (χ2n) is 6.24. The lowest BCUT2D eigenvalue weighted by Gasteiger charge is -2.22. The van der Waals surface area contributed by atoms with Crippen molar-refractivity contribution in [2.75, 3.05) is 0 Å².